The normalized spacial score (nSPS) is 30.0. The van der Waals surface area contributed by atoms with Gasteiger partial charge in [-0.1, -0.05) is 0 Å². The largest absolute Gasteiger partial charge is 0.315 e. The Morgan fingerprint density at radius 1 is 1.31 bits per heavy atom. The van der Waals surface area contributed by atoms with Gasteiger partial charge in [0, 0.05) is 25.7 Å². The SMILES string of the molecule is C1CCN(CCNC2CCNC2)C1. The van der Waals surface area contributed by atoms with Gasteiger partial charge >= 0.3 is 0 Å². The fourth-order valence-electron chi connectivity index (χ4n) is 2.26. The molecule has 3 nitrogen and oxygen atoms in total. The second-order valence-corrected chi connectivity index (χ2v) is 4.19. The van der Waals surface area contributed by atoms with Gasteiger partial charge in [-0.2, -0.15) is 0 Å². The Hall–Kier alpha value is -0.120. The molecule has 2 saturated heterocycles. The standard InChI is InChI=1S/C10H21N3/c1-2-7-13(6-1)8-5-12-10-3-4-11-9-10/h10-12H,1-9H2. The van der Waals surface area contributed by atoms with E-state index in [0.29, 0.717) is 0 Å². The molecule has 0 spiro atoms. The van der Waals surface area contributed by atoms with Crippen LogP contribution in [0, 0.1) is 0 Å². The van der Waals surface area contributed by atoms with Gasteiger partial charge in [0.05, 0.1) is 0 Å². The summed E-state index contributed by atoms with van der Waals surface area (Å²) in [5.41, 5.74) is 0. The zero-order valence-electron chi connectivity index (χ0n) is 8.39. The maximum Gasteiger partial charge on any atom is 0.0205 e. The Kier molecular flexibility index (Phi) is 3.58. The summed E-state index contributed by atoms with van der Waals surface area (Å²) >= 11 is 0. The summed E-state index contributed by atoms with van der Waals surface area (Å²) in [5, 5.41) is 6.98. The van der Waals surface area contributed by atoms with Gasteiger partial charge in [0.15, 0.2) is 0 Å². The molecule has 0 saturated carbocycles. The zero-order valence-corrected chi connectivity index (χ0v) is 8.39. The van der Waals surface area contributed by atoms with Crippen LogP contribution in [0.2, 0.25) is 0 Å². The van der Waals surface area contributed by atoms with E-state index in [2.05, 4.69) is 15.5 Å². The van der Waals surface area contributed by atoms with E-state index in [0.717, 1.165) is 6.04 Å². The van der Waals surface area contributed by atoms with Gasteiger partial charge in [-0.25, -0.2) is 0 Å². The molecule has 0 aromatic carbocycles. The molecule has 1 unspecified atom stereocenters. The van der Waals surface area contributed by atoms with Crippen LogP contribution in [-0.4, -0.2) is 50.2 Å². The van der Waals surface area contributed by atoms with Gasteiger partial charge in [-0.15, -0.1) is 0 Å². The molecule has 0 aromatic heterocycles. The molecule has 0 radical (unpaired) electrons. The van der Waals surface area contributed by atoms with Gasteiger partial charge in [-0.05, 0) is 38.9 Å². The summed E-state index contributed by atoms with van der Waals surface area (Å²) in [7, 11) is 0. The Labute approximate surface area is 80.9 Å². The van der Waals surface area contributed by atoms with Crippen LogP contribution in [-0.2, 0) is 0 Å². The molecule has 76 valence electrons. The molecular weight excluding hydrogens is 162 g/mol. The summed E-state index contributed by atoms with van der Waals surface area (Å²) in [6.07, 6.45) is 4.12. The summed E-state index contributed by atoms with van der Waals surface area (Å²) < 4.78 is 0. The quantitative estimate of drug-likeness (QED) is 0.644. The molecule has 2 fully saturated rings. The molecule has 13 heavy (non-hydrogen) atoms. The maximum absolute atomic E-state index is 3.60. The highest BCUT2D eigenvalue weighted by Gasteiger charge is 2.14. The van der Waals surface area contributed by atoms with E-state index in [-0.39, 0.29) is 0 Å². The van der Waals surface area contributed by atoms with Crippen LogP contribution in [0.4, 0.5) is 0 Å². The van der Waals surface area contributed by atoms with E-state index in [4.69, 9.17) is 0 Å². The lowest BCUT2D eigenvalue weighted by Gasteiger charge is -2.17. The number of nitrogens with one attached hydrogen (secondary N) is 2. The molecule has 2 heterocycles. The van der Waals surface area contributed by atoms with Gasteiger partial charge in [-0.3, -0.25) is 0 Å². The third-order valence-electron chi connectivity index (χ3n) is 3.12. The number of hydrogen-bond acceptors (Lipinski definition) is 3. The molecule has 2 aliphatic rings. The molecule has 0 bridgehead atoms. The second-order valence-electron chi connectivity index (χ2n) is 4.19. The van der Waals surface area contributed by atoms with Gasteiger partial charge in [0.2, 0.25) is 0 Å². The molecule has 1 atom stereocenters. The Morgan fingerprint density at radius 2 is 2.15 bits per heavy atom. The monoisotopic (exact) mass is 183 g/mol. The van der Waals surface area contributed by atoms with Crippen LogP contribution in [0.25, 0.3) is 0 Å². The second kappa shape index (κ2) is 4.94. The summed E-state index contributed by atoms with van der Waals surface area (Å²) in [5.74, 6) is 0. The first-order chi connectivity index (χ1) is 6.45. The van der Waals surface area contributed by atoms with Crippen LogP contribution in [0.3, 0.4) is 0 Å². The number of rotatable bonds is 4. The first kappa shape index (κ1) is 9.44. The highest BCUT2D eigenvalue weighted by molar-refractivity contribution is 4.78. The summed E-state index contributed by atoms with van der Waals surface area (Å²) in [6, 6.07) is 0.739. The molecule has 2 aliphatic heterocycles. The molecule has 0 aromatic rings. The van der Waals surface area contributed by atoms with Crippen molar-refractivity contribution in [3.8, 4) is 0 Å². The van der Waals surface area contributed by atoms with E-state index < -0.39 is 0 Å². The molecular formula is C10H21N3. The summed E-state index contributed by atoms with van der Waals surface area (Å²) in [4.78, 5) is 2.56. The minimum Gasteiger partial charge on any atom is -0.315 e. The van der Waals surface area contributed by atoms with Crippen molar-refractivity contribution in [2.75, 3.05) is 39.3 Å². The van der Waals surface area contributed by atoms with Crippen LogP contribution >= 0.6 is 0 Å². The minimum absolute atomic E-state index is 0.739. The number of nitrogens with zero attached hydrogens (tertiary/aromatic N) is 1. The van der Waals surface area contributed by atoms with E-state index in [1.165, 1.54) is 58.5 Å². The van der Waals surface area contributed by atoms with Crippen molar-refractivity contribution in [1.29, 1.82) is 0 Å². The van der Waals surface area contributed by atoms with Gasteiger partial charge in [0.1, 0.15) is 0 Å². The zero-order chi connectivity index (χ0) is 8.93. The van der Waals surface area contributed by atoms with E-state index in [1.54, 1.807) is 0 Å². The minimum atomic E-state index is 0.739. The van der Waals surface area contributed by atoms with Crippen LogP contribution < -0.4 is 10.6 Å². The number of hydrogen-bond donors (Lipinski definition) is 2. The van der Waals surface area contributed by atoms with Crippen molar-refractivity contribution in [1.82, 2.24) is 15.5 Å². The van der Waals surface area contributed by atoms with Crippen LogP contribution in [0.1, 0.15) is 19.3 Å². The third kappa shape index (κ3) is 2.93. The average molecular weight is 183 g/mol. The topological polar surface area (TPSA) is 27.3 Å². The Morgan fingerprint density at radius 3 is 2.85 bits per heavy atom. The van der Waals surface area contributed by atoms with Crippen molar-refractivity contribution in [3.05, 3.63) is 0 Å². The lowest BCUT2D eigenvalue weighted by Crippen LogP contribution is -2.37. The lowest BCUT2D eigenvalue weighted by molar-refractivity contribution is 0.329. The molecule has 2 N–H and O–H groups in total. The van der Waals surface area contributed by atoms with Crippen LogP contribution in [0.15, 0.2) is 0 Å². The molecule has 0 amide bonds. The third-order valence-corrected chi connectivity index (χ3v) is 3.12. The van der Waals surface area contributed by atoms with Crippen molar-refractivity contribution in [3.63, 3.8) is 0 Å². The first-order valence-corrected chi connectivity index (χ1v) is 5.61. The fraction of sp³-hybridized carbons (Fsp3) is 1.00. The number of likely N-dealkylation sites (tertiary alicyclic amines) is 1. The van der Waals surface area contributed by atoms with Gasteiger partial charge in [0.25, 0.3) is 0 Å². The average Bonchev–Trinajstić information content (AvgIpc) is 2.75. The van der Waals surface area contributed by atoms with E-state index in [1.807, 2.05) is 0 Å². The van der Waals surface area contributed by atoms with Crippen molar-refractivity contribution < 1.29 is 0 Å². The molecule has 0 aliphatic carbocycles. The van der Waals surface area contributed by atoms with Crippen LogP contribution in [0.5, 0.6) is 0 Å². The van der Waals surface area contributed by atoms with Crippen molar-refractivity contribution in [2.45, 2.75) is 25.3 Å². The van der Waals surface area contributed by atoms with Crippen molar-refractivity contribution >= 4 is 0 Å². The van der Waals surface area contributed by atoms with E-state index >= 15 is 0 Å². The smallest absolute Gasteiger partial charge is 0.0205 e. The lowest BCUT2D eigenvalue weighted by atomic mass is 10.2. The predicted octanol–water partition coefficient (Wildman–Crippen LogP) is 0.0337. The summed E-state index contributed by atoms with van der Waals surface area (Å²) in [6.45, 7) is 7.43. The van der Waals surface area contributed by atoms with E-state index in [9.17, 15) is 0 Å². The van der Waals surface area contributed by atoms with Crippen molar-refractivity contribution in [2.24, 2.45) is 0 Å². The maximum atomic E-state index is 3.60. The Balaban J connectivity index is 1.52. The first-order valence-electron chi connectivity index (χ1n) is 5.61. The highest BCUT2D eigenvalue weighted by Crippen LogP contribution is 2.05. The molecule has 2 rings (SSSR count). The molecule has 3 heteroatoms. The van der Waals surface area contributed by atoms with Gasteiger partial charge < -0.3 is 15.5 Å². The highest BCUT2D eigenvalue weighted by atomic mass is 15.2. The fourth-order valence-corrected chi connectivity index (χ4v) is 2.26. The Bertz CT molecular complexity index is 121. The predicted molar refractivity (Wildman–Crippen MR) is 55.0 cm³/mol.